The molecule has 3 aromatic carbocycles. The van der Waals surface area contributed by atoms with Crippen LogP contribution in [-0.4, -0.2) is 35.4 Å². The van der Waals surface area contributed by atoms with Gasteiger partial charge in [-0.25, -0.2) is 0 Å². The van der Waals surface area contributed by atoms with Gasteiger partial charge in [0, 0.05) is 19.0 Å². The molecule has 182 valence electrons. The molecule has 0 radical (unpaired) electrons. The second-order valence-electron chi connectivity index (χ2n) is 9.31. The van der Waals surface area contributed by atoms with E-state index in [-0.39, 0.29) is 24.5 Å². The van der Waals surface area contributed by atoms with E-state index in [0.717, 1.165) is 42.4 Å². The van der Waals surface area contributed by atoms with Crippen LogP contribution >= 0.6 is 0 Å². The van der Waals surface area contributed by atoms with Crippen molar-refractivity contribution in [2.45, 2.75) is 57.7 Å². The van der Waals surface area contributed by atoms with Gasteiger partial charge in [0.05, 0.1) is 0 Å². The topological polar surface area (TPSA) is 58.6 Å². The van der Waals surface area contributed by atoms with E-state index in [4.69, 9.17) is 4.74 Å². The van der Waals surface area contributed by atoms with Crippen LogP contribution in [0.4, 0.5) is 0 Å². The van der Waals surface area contributed by atoms with E-state index in [9.17, 15) is 9.59 Å². The summed E-state index contributed by atoms with van der Waals surface area (Å²) < 4.78 is 5.86. The van der Waals surface area contributed by atoms with Gasteiger partial charge in [0.1, 0.15) is 11.8 Å². The number of benzene rings is 3. The largest absolute Gasteiger partial charge is 0.484 e. The molecule has 0 spiro atoms. The summed E-state index contributed by atoms with van der Waals surface area (Å²) in [7, 11) is 0. The second-order valence-corrected chi connectivity index (χ2v) is 9.31. The maximum absolute atomic E-state index is 13.6. The fourth-order valence-corrected chi connectivity index (χ4v) is 4.63. The highest BCUT2D eigenvalue weighted by Crippen LogP contribution is 2.20. The third kappa shape index (κ3) is 7.19. The average molecular weight is 471 g/mol. The number of carbonyl (C=O) groups excluding carboxylic acids is 2. The third-order valence-corrected chi connectivity index (χ3v) is 6.52. The fourth-order valence-electron chi connectivity index (χ4n) is 4.63. The molecule has 0 saturated heterocycles. The van der Waals surface area contributed by atoms with E-state index in [1.807, 2.05) is 91.9 Å². The summed E-state index contributed by atoms with van der Waals surface area (Å²) in [6.07, 6.45) is 4.69. The van der Waals surface area contributed by atoms with E-state index >= 15 is 0 Å². The zero-order valence-corrected chi connectivity index (χ0v) is 20.4. The Kier molecular flexibility index (Phi) is 8.55. The van der Waals surface area contributed by atoms with Gasteiger partial charge in [-0.3, -0.25) is 9.59 Å². The van der Waals surface area contributed by atoms with Gasteiger partial charge in [-0.15, -0.1) is 0 Å². The van der Waals surface area contributed by atoms with Crippen molar-refractivity contribution in [1.29, 1.82) is 0 Å². The van der Waals surface area contributed by atoms with E-state index in [1.54, 1.807) is 4.90 Å². The number of aryl methyl sites for hydroxylation is 1. The lowest BCUT2D eigenvalue weighted by molar-refractivity contribution is -0.143. The molecular weight excluding hydrogens is 436 g/mol. The van der Waals surface area contributed by atoms with Crippen LogP contribution in [-0.2, 0) is 22.6 Å². The Morgan fingerprint density at radius 3 is 2.23 bits per heavy atom. The molecule has 0 bridgehead atoms. The number of rotatable bonds is 10. The summed E-state index contributed by atoms with van der Waals surface area (Å²) in [5.41, 5.74) is 3.06. The Morgan fingerprint density at radius 2 is 1.57 bits per heavy atom. The minimum atomic E-state index is -0.633. The first-order valence-corrected chi connectivity index (χ1v) is 12.5. The standard InChI is InChI=1S/C30H34N2O3/c1-23-11-10-18-27(19-23)35-22-29(33)32(21-25-14-6-3-7-15-25)28(20-24-12-4-2-5-13-24)30(34)31-26-16-8-9-17-26/h2-7,10-15,18-19,26,28H,8-9,16-17,20-22H2,1H3,(H,31,34)/t28-/m0/s1. The molecule has 35 heavy (non-hydrogen) atoms. The maximum Gasteiger partial charge on any atom is 0.261 e. The number of nitrogens with one attached hydrogen (secondary N) is 1. The quantitative estimate of drug-likeness (QED) is 0.450. The van der Waals surface area contributed by atoms with E-state index in [2.05, 4.69) is 5.32 Å². The molecule has 2 amide bonds. The first kappa shape index (κ1) is 24.5. The van der Waals surface area contributed by atoms with Gasteiger partial charge in [-0.05, 0) is 48.6 Å². The molecule has 1 saturated carbocycles. The van der Waals surface area contributed by atoms with Crippen LogP contribution in [0.3, 0.4) is 0 Å². The minimum Gasteiger partial charge on any atom is -0.484 e. The van der Waals surface area contributed by atoms with Crippen LogP contribution in [0.25, 0.3) is 0 Å². The highest BCUT2D eigenvalue weighted by Gasteiger charge is 2.32. The van der Waals surface area contributed by atoms with Crippen LogP contribution in [0.5, 0.6) is 5.75 Å². The molecular formula is C30H34N2O3. The van der Waals surface area contributed by atoms with Crippen LogP contribution in [0.2, 0.25) is 0 Å². The predicted octanol–water partition coefficient (Wildman–Crippen LogP) is 5.07. The number of carbonyl (C=O) groups is 2. The van der Waals surface area contributed by atoms with E-state index < -0.39 is 6.04 Å². The molecule has 5 heteroatoms. The summed E-state index contributed by atoms with van der Waals surface area (Å²) in [5.74, 6) is 0.339. The van der Waals surface area contributed by atoms with Gasteiger partial charge in [0.25, 0.3) is 5.91 Å². The monoisotopic (exact) mass is 470 g/mol. The van der Waals surface area contributed by atoms with Gasteiger partial charge in [-0.1, -0.05) is 85.6 Å². The van der Waals surface area contributed by atoms with Gasteiger partial charge in [0.15, 0.2) is 6.61 Å². The van der Waals surface area contributed by atoms with Crippen molar-refractivity contribution >= 4 is 11.8 Å². The highest BCUT2D eigenvalue weighted by atomic mass is 16.5. The molecule has 1 N–H and O–H groups in total. The lowest BCUT2D eigenvalue weighted by atomic mass is 10.0. The Morgan fingerprint density at radius 1 is 0.914 bits per heavy atom. The molecule has 4 rings (SSSR count). The van der Waals surface area contributed by atoms with Crippen molar-refractivity contribution in [1.82, 2.24) is 10.2 Å². The Bertz CT molecular complexity index is 1090. The number of ether oxygens (including phenoxy) is 1. The summed E-state index contributed by atoms with van der Waals surface area (Å²) in [5, 5.41) is 3.23. The zero-order chi connectivity index (χ0) is 24.5. The van der Waals surface area contributed by atoms with Gasteiger partial charge in [-0.2, -0.15) is 0 Å². The van der Waals surface area contributed by atoms with Crippen molar-refractivity contribution in [3.63, 3.8) is 0 Å². The summed E-state index contributed by atoms with van der Waals surface area (Å²) in [6, 6.07) is 26.9. The molecule has 1 fully saturated rings. The first-order valence-electron chi connectivity index (χ1n) is 12.5. The SMILES string of the molecule is Cc1cccc(OCC(=O)N(Cc2ccccc2)[C@@H](Cc2ccccc2)C(=O)NC2CCCC2)c1. The van der Waals surface area contributed by atoms with E-state index in [0.29, 0.717) is 18.7 Å². The average Bonchev–Trinajstić information content (AvgIpc) is 3.39. The number of hydrogen-bond acceptors (Lipinski definition) is 3. The first-order chi connectivity index (χ1) is 17.1. The van der Waals surface area contributed by atoms with Gasteiger partial charge in [0.2, 0.25) is 5.91 Å². The minimum absolute atomic E-state index is 0.0967. The lowest BCUT2D eigenvalue weighted by Crippen LogP contribution is -2.53. The molecule has 1 aliphatic carbocycles. The van der Waals surface area contributed by atoms with Crippen LogP contribution in [0, 0.1) is 6.92 Å². The van der Waals surface area contributed by atoms with Crippen molar-refractivity contribution in [3.05, 3.63) is 102 Å². The summed E-state index contributed by atoms with van der Waals surface area (Å²) in [6.45, 7) is 2.20. The zero-order valence-electron chi connectivity index (χ0n) is 20.4. The highest BCUT2D eigenvalue weighted by molar-refractivity contribution is 5.88. The Labute approximate surface area is 208 Å². The van der Waals surface area contributed by atoms with Crippen molar-refractivity contribution in [2.24, 2.45) is 0 Å². The van der Waals surface area contributed by atoms with Crippen LogP contribution in [0.15, 0.2) is 84.9 Å². The molecule has 0 heterocycles. The number of amides is 2. The number of nitrogens with zero attached hydrogens (tertiary/aromatic N) is 1. The van der Waals surface area contributed by atoms with Crippen molar-refractivity contribution in [2.75, 3.05) is 6.61 Å². The molecule has 3 aromatic rings. The van der Waals surface area contributed by atoms with Crippen molar-refractivity contribution in [3.8, 4) is 5.75 Å². The molecule has 0 aliphatic heterocycles. The normalized spacial score (nSPS) is 14.3. The lowest BCUT2D eigenvalue weighted by Gasteiger charge is -2.32. The summed E-state index contributed by atoms with van der Waals surface area (Å²) in [4.78, 5) is 28.9. The Hall–Kier alpha value is -3.60. The van der Waals surface area contributed by atoms with Crippen LogP contribution < -0.4 is 10.1 Å². The fraction of sp³-hybridized carbons (Fsp3) is 0.333. The molecule has 0 aromatic heterocycles. The number of hydrogen-bond donors (Lipinski definition) is 1. The Balaban J connectivity index is 1.59. The third-order valence-electron chi connectivity index (χ3n) is 6.52. The summed E-state index contributed by atoms with van der Waals surface area (Å²) >= 11 is 0. The van der Waals surface area contributed by atoms with Gasteiger partial charge >= 0.3 is 0 Å². The van der Waals surface area contributed by atoms with E-state index in [1.165, 1.54) is 0 Å². The van der Waals surface area contributed by atoms with Crippen LogP contribution in [0.1, 0.15) is 42.4 Å². The molecule has 1 aliphatic rings. The molecule has 0 unspecified atom stereocenters. The second kappa shape index (κ2) is 12.2. The predicted molar refractivity (Wildman–Crippen MR) is 138 cm³/mol. The maximum atomic E-state index is 13.6. The van der Waals surface area contributed by atoms with Crippen molar-refractivity contribution < 1.29 is 14.3 Å². The van der Waals surface area contributed by atoms with Gasteiger partial charge < -0.3 is 15.0 Å². The molecule has 5 nitrogen and oxygen atoms in total. The molecule has 1 atom stereocenters. The smallest absolute Gasteiger partial charge is 0.261 e.